The molecule has 0 unspecified atom stereocenters. The molecule has 0 saturated heterocycles. The molecule has 2 aromatic carbocycles. The van der Waals surface area contributed by atoms with Crippen LogP contribution in [0.1, 0.15) is 31.8 Å². The van der Waals surface area contributed by atoms with E-state index < -0.39 is 23.6 Å². The lowest BCUT2D eigenvalue weighted by Crippen LogP contribution is -2.16. The Labute approximate surface area is 154 Å². The smallest absolute Gasteiger partial charge is 0.337 e. The molecule has 0 aliphatic heterocycles. The molecule has 0 aliphatic carbocycles. The average Bonchev–Trinajstić information content (AvgIpc) is 2.63. The minimum absolute atomic E-state index is 0.0232. The molecule has 0 radical (unpaired) electrons. The van der Waals surface area contributed by atoms with Crippen LogP contribution in [-0.4, -0.2) is 36.2 Å². The van der Waals surface area contributed by atoms with E-state index in [1.165, 1.54) is 26.2 Å². The van der Waals surface area contributed by atoms with Gasteiger partial charge in [-0.2, -0.15) is 0 Å². The van der Waals surface area contributed by atoms with Crippen molar-refractivity contribution in [3.8, 4) is 0 Å². The van der Waals surface area contributed by atoms with E-state index in [0.29, 0.717) is 0 Å². The van der Waals surface area contributed by atoms with Gasteiger partial charge in [0.1, 0.15) is 11.6 Å². The Balaban J connectivity index is 2.17. The van der Waals surface area contributed by atoms with Gasteiger partial charge in [0.2, 0.25) is 0 Å². The van der Waals surface area contributed by atoms with Crippen molar-refractivity contribution in [2.24, 2.45) is 0 Å². The fourth-order valence-corrected chi connectivity index (χ4v) is 2.61. The molecule has 0 saturated carbocycles. The molecule has 144 valence electrons. The highest BCUT2D eigenvalue weighted by atomic mass is 19.1. The first-order valence-electron chi connectivity index (χ1n) is 7.96. The van der Waals surface area contributed by atoms with E-state index in [1.54, 1.807) is 0 Å². The minimum atomic E-state index is -1.25. The van der Waals surface area contributed by atoms with E-state index in [0.717, 1.165) is 12.1 Å². The number of rotatable bonds is 8. The highest BCUT2D eigenvalue weighted by Gasteiger charge is 2.16. The second-order valence-corrected chi connectivity index (χ2v) is 5.69. The van der Waals surface area contributed by atoms with Crippen LogP contribution in [-0.2, 0) is 13.1 Å². The summed E-state index contributed by atoms with van der Waals surface area (Å²) in [5, 5.41) is 26.4. The molecule has 2 rings (SSSR count). The summed E-state index contributed by atoms with van der Waals surface area (Å²) >= 11 is 0. The topological polar surface area (TPSA) is 111 Å². The highest BCUT2D eigenvalue weighted by molar-refractivity contribution is 5.95. The minimum Gasteiger partial charge on any atom is -0.478 e. The van der Waals surface area contributed by atoms with Crippen LogP contribution in [0.3, 0.4) is 0 Å². The van der Waals surface area contributed by atoms with Crippen molar-refractivity contribution < 1.29 is 28.6 Å². The maximum atomic E-state index is 14.1. The molecule has 0 heterocycles. The van der Waals surface area contributed by atoms with Crippen LogP contribution in [0, 0.1) is 11.6 Å². The van der Waals surface area contributed by atoms with E-state index in [1.807, 2.05) is 0 Å². The number of carboxylic acids is 2. The molecule has 0 amide bonds. The van der Waals surface area contributed by atoms with Gasteiger partial charge in [0, 0.05) is 49.7 Å². The third kappa shape index (κ3) is 4.50. The van der Waals surface area contributed by atoms with Crippen molar-refractivity contribution in [3.05, 3.63) is 58.2 Å². The quantitative estimate of drug-likeness (QED) is 0.480. The Bertz CT molecular complexity index is 816. The number of aromatic carboxylic acids is 2. The van der Waals surface area contributed by atoms with E-state index >= 15 is 0 Å². The number of anilines is 2. The van der Waals surface area contributed by atoms with Crippen molar-refractivity contribution in [1.82, 2.24) is 5.32 Å². The van der Waals surface area contributed by atoms with E-state index in [9.17, 15) is 18.4 Å². The first-order chi connectivity index (χ1) is 12.8. The summed E-state index contributed by atoms with van der Waals surface area (Å²) < 4.78 is 28.2. The van der Waals surface area contributed by atoms with Crippen LogP contribution in [0.5, 0.6) is 0 Å². The number of benzene rings is 2. The lowest BCUT2D eigenvalue weighted by molar-refractivity contribution is 0.0686. The van der Waals surface area contributed by atoms with Gasteiger partial charge in [0.25, 0.3) is 0 Å². The molecule has 0 fully saturated rings. The Morgan fingerprint density at radius 3 is 1.48 bits per heavy atom. The predicted octanol–water partition coefficient (Wildman–Crippen LogP) is 2.73. The molecule has 9 heteroatoms. The van der Waals surface area contributed by atoms with Crippen molar-refractivity contribution in [2.75, 3.05) is 24.7 Å². The SMILES string of the molecule is CNc1cc(CNCc2cc(NC)c(C(=O)O)cc2F)c(F)cc1C(=O)O. The van der Waals surface area contributed by atoms with Crippen LogP contribution in [0.4, 0.5) is 20.2 Å². The fourth-order valence-electron chi connectivity index (χ4n) is 2.61. The Hall–Kier alpha value is -3.20. The van der Waals surface area contributed by atoms with Gasteiger partial charge in [-0.15, -0.1) is 0 Å². The summed E-state index contributed by atoms with van der Waals surface area (Å²) in [7, 11) is 3.05. The molecular formula is C18H19F2N3O4. The summed E-state index contributed by atoms with van der Waals surface area (Å²) in [4.78, 5) is 22.2. The molecule has 0 atom stereocenters. The number of hydrogen-bond donors (Lipinski definition) is 5. The number of halogens is 2. The van der Waals surface area contributed by atoms with Gasteiger partial charge in [-0.05, 0) is 24.3 Å². The fraction of sp³-hybridized carbons (Fsp3) is 0.222. The van der Waals surface area contributed by atoms with Crippen molar-refractivity contribution in [1.29, 1.82) is 0 Å². The molecule has 0 bridgehead atoms. The molecule has 0 spiro atoms. The van der Waals surface area contributed by atoms with Crippen LogP contribution in [0.25, 0.3) is 0 Å². The third-order valence-electron chi connectivity index (χ3n) is 4.00. The average molecular weight is 379 g/mol. The highest BCUT2D eigenvalue weighted by Crippen LogP contribution is 2.22. The molecule has 0 aromatic heterocycles. The van der Waals surface area contributed by atoms with Crippen molar-refractivity contribution in [2.45, 2.75) is 13.1 Å². The van der Waals surface area contributed by atoms with Crippen LogP contribution in [0.15, 0.2) is 24.3 Å². The number of carbonyl (C=O) groups is 2. The first-order valence-corrected chi connectivity index (χ1v) is 7.96. The van der Waals surface area contributed by atoms with E-state index in [2.05, 4.69) is 16.0 Å². The van der Waals surface area contributed by atoms with Gasteiger partial charge < -0.3 is 26.2 Å². The van der Waals surface area contributed by atoms with E-state index in [4.69, 9.17) is 10.2 Å². The maximum Gasteiger partial charge on any atom is 0.337 e. The van der Waals surface area contributed by atoms with Crippen LogP contribution >= 0.6 is 0 Å². The molecule has 7 nitrogen and oxygen atoms in total. The lowest BCUT2D eigenvalue weighted by Gasteiger charge is -2.13. The summed E-state index contributed by atoms with van der Waals surface area (Å²) in [6, 6.07) is 4.59. The van der Waals surface area contributed by atoms with Gasteiger partial charge in [-0.25, -0.2) is 18.4 Å². The first kappa shape index (κ1) is 20.1. The van der Waals surface area contributed by atoms with Gasteiger partial charge >= 0.3 is 11.9 Å². The van der Waals surface area contributed by atoms with Gasteiger partial charge in [-0.3, -0.25) is 0 Å². The molecule has 5 N–H and O–H groups in total. The zero-order valence-corrected chi connectivity index (χ0v) is 14.7. The molecule has 2 aromatic rings. The Morgan fingerprint density at radius 2 is 1.19 bits per heavy atom. The summed E-state index contributed by atoms with van der Waals surface area (Å²) in [6.45, 7) is 0.0465. The van der Waals surface area contributed by atoms with Gasteiger partial charge in [0.05, 0.1) is 11.1 Å². The normalized spacial score (nSPS) is 10.5. The molecule has 0 aliphatic rings. The Kier molecular flexibility index (Phi) is 6.30. The largest absolute Gasteiger partial charge is 0.478 e. The number of hydrogen-bond acceptors (Lipinski definition) is 5. The van der Waals surface area contributed by atoms with Gasteiger partial charge in [0.15, 0.2) is 0 Å². The van der Waals surface area contributed by atoms with E-state index in [-0.39, 0.29) is 46.7 Å². The standard InChI is InChI=1S/C18H19F2N3O4/c1-21-15-3-9(13(19)5-11(15)17(24)25)7-23-8-10-4-16(22-2)12(18(26)27)6-14(10)20/h3-6,21-23H,7-8H2,1-2H3,(H,24,25)(H,26,27). The van der Waals surface area contributed by atoms with Crippen LogP contribution in [0.2, 0.25) is 0 Å². The van der Waals surface area contributed by atoms with Gasteiger partial charge in [-0.1, -0.05) is 0 Å². The van der Waals surface area contributed by atoms with Crippen molar-refractivity contribution >= 4 is 23.3 Å². The van der Waals surface area contributed by atoms with Crippen LogP contribution < -0.4 is 16.0 Å². The third-order valence-corrected chi connectivity index (χ3v) is 4.00. The zero-order valence-electron chi connectivity index (χ0n) is 14.7. The predicted molar refractivity (Wildman–Crippen MR) is 96.4 cm³/mol. The second-order valence-electron chi connectivity index (χ2n) is 5.69. The zero-order chi connectivity index (χ0) is 20.1. The summed E-state index contributed by atoms with van der Waals surface area (Å²) in [5.41, 5.74) is 0.562. The maximum absolute atomic E-state index is 14.1. The summed E-state index contributed by atoms with van der Waals surface area (Å²) in [5.74, 6) is -3.90. The number of carboxylic acid groups (broad SMARTS) is 2. The Morgan fingerprint density at radius 1 is 0.815 bits per heavy atom. The molecule has 27 heavy (non-hydrogen) atoms. The number of nitrogens with one attached hydrogen (secondary N) is 3. The second kappa shape index (κ2) is 8.45. The summed E-state index contributed by atoms with van der Waals surface area (Å²) in [6.07, 6.45) is 0. The lowest BCUT2D eigenvalue weighted by atomic mass is 10.1. The molecular weight excluding hydrogens is 360 g/mol. The monoisotopic (exact) mass is 379 g/mol. The van der Waals surface area contributed by atoms with Crippen molar-refractivity contribution in [3.63, 3.8) is 0 Å².